The van der Waals surface area contributed by atoms with Gasteiger partial charge < -0.3 is 11.1 Å². The fraction of sp³-hybridized carbons (Fsp3) is 0.500. The van der Waals surface area contributed by atoms with E-state index in [2.05, 4.69) is 10.3 Å². The van der Waals surface area contributed by atoms with Crippen LogP contribution in [-0.4, -0.2) is 32.2 Å². The van der Waals surface area contributed by atoms with Gasteiger partial charge in [0.1, 0.15) is 10.7 Å². The quantitative estimate of drug-likeness (QED) is 0.792. The molecule has 1 aromatic rings. The van der Waals surface area contributed by atoms with Gasteiger partial charge in [0.2, 0.25) is 0 Å². The minimum absolute atomic E-state index is 0.00517. The molecule has 3 N–H and O–H groups in total. The molecule has 0 bridgehead atoms. The Morgan fingerprint density at radius 1 is 1.56 bits per heavy atom. The van der Waals surface area contributed by atoms with E-state index in [1.54, 1.807) is 12.3 Å². The normalized spacial score (nSPS) is 13.4. The summed E-state index contributed by atoms with van der Waals surface area (Å²) in [5, 5.41) is 2.96. The molecule has 1 atom stereocenters. The number of sulfone groups is 1. The van der Waals surface area contributed by atoms with Crippen LogP contribution in [0.15, 0.2) is 23.2 Å². The zero-order valence-electron chi connectivity index (χ0n) is 9.47. The van der Waals surface area contributed by atoms with Crippen molar-refractivity contribution in [1.29, 1.82) is 0 Å². The highest BCUT2D eigenvalue weighted by molar-refractivity contribution is 7.90. The number of rotatable bonds is 5. The Morgan fingerprint density at radius 2 is 2.25 bits per heavy atom. The van der Waals surface area contributed by atoms with E-state index < -0.39 is 9.84 Å². The van der Waals surface area contributed by atoms with Crippen LogP contribution in [0.2, 0.25) is 0 Å². The molecule has 0 saturated carbocycles. The summed E-state index contributed by atoms with van der Waals surface area (Å²) < 4.78 is 22.9. The topological polar surface area (TPSA) is 85.1 Å². The van der Waals surface area contributed by atoms with Gasteiger partial charge in [-0.15, -0.1) is 0 Å². The van der Waals surface area contributed by atoms with Crippen molar-refractivity contribution in [3.8, 4) is 0 Å². The number of nitrogens with one attached hydrogen (secondary N) is 1. The first-order valence-corrected chi connectivity index (χ1v) is 6.98. The first-order valence-electron chi connectivity index (χ1n) is 5.09. The summed E-state index contributed by atoms with van der Waals surface area (Å²) in [6.07, 6.45) is 3.54. The third-order valence-electron chi connectivity index (χ3n) is 2.23. The molecule has 0 saturated heterocycles. The maximum absolute atomic E-state index is 11.5. The lowest BCUT2D eigenvalue weighted by atomic mass is 10.2. The van der Waals surface area contributed by atoms with Gasteiger partial charge in [-0.25, -0.2) is 13.4 Å². The van der Waals surface area contributed by atoms with Crippen LogP contribution in [0.5, 0.6) is 0 Å². The molecule has 1 aromatic heterocycles. The number of nitrogens with two attached hydrogens (primary N) is 1. The van der Waals surface area contributed by atoms with Gasteiger partial charge in [-0.2, -0.15) is 0 Å². The van der Waals surface area contributed by atoms with E-state index in [0.717, 1.165) is 12.7 Å². The van der Waals surface area contributed by atoms with Crippen molar-refractivity contribution in [2.45, 2.75) is 24.3 Å². The molecule has 5 nitrogen and oxygen atoms in total. The van der Waals surface area contributed by atoms with Crippen molar-refractivity contribution in [1.82, 2.24) is 4.98 Å². The summed E-state index contributed by atoms with van der Waals surface area (Å²) in [6, 6.07) is 3.12. The van der Waals surface area contributed by atoms with Crippen molar-refractivity contribution in [3.05, 3.63) is 18.3 Å². The molecule has 90 valence electrons. The monoisotopic (exact) mass is 243 g/mol. The summed E-state index contributed by atoms with van der Waals surface area (Å²) in [4.78, 5) is 4.21. The van der Waals surface area contributed by atoms with Crippen LogP contribution < -0.4 is 11.1 Å². The second-order valence-electron chi connectivity index (χ2n) is 3.67. The molecule has 0 aliphatic carbocycles. The van der Waals surface area contributed by atoms with Crippen LogP contribution in [0, 0.1) is 0 Å². The second kappa shape index (κ2) is 5.27. The Balaban J connectivity index is 2.88. The minimum Gasteiger partial charge on any atom is -0.367 e. The highest BCUT2D eigenvalue weighted by Gasteiger charge is 2.13. The van der Waals surface area contributed by atoms with Gasteiger partial charge in [0, 0.05) is 25.0 Å². The second-order valence-corrected chi connectivity index (χ2v) is 5.66. The maximum Gasteiger partial charge on any atom is 0.179 e. The lowest BCUT2D eigenvalue weighted by Crippen LogP contribution is -2.28. The average Bonchev–Trinajstić information content (AvgIpc) is 2.25. The Hall–Kier alpha value is -1.14. The van der Waals surface area contributed by atoms with E-state index in [1.165, 1.54) is 6.07 Å². The fourth-order valence-corrected chi connectivity index (χ4v) is 2.00. The fourth-order valence-electron chi connectivity index (χ4n) is 1.19. The van der Waals surface area contributed by atoms with Crippen LogP contribution in [0.3, 0.4) is 0 Å². The number of hydrogen-bond acceptors (Lipinski definition) is 5. The van der Waals surface area contributed by atoms with Gasteiger partial charge in [-0.3, -0.25) is 0 Å². The summed E-state index contributed by atoms with van der Waals surface area (Å²) in [5.74, 6) is 0.369. The van der Waals surface area contributed by atoms with E-state index in [-0.39, 0.29) is 10.9 Å². The number of nitrogens with zero attached hydrogens (tertiary/aromatic N) is 1. The zero-order chi connectivity index (χ0) is 12.2. The molecule has 0 radical (unpaired) electrons. The Morgan fingerprint density at radius 3 is 2.81 bits per heavy atom. The van der Waals surface area contributed by atoms with Crippen molar-refractivity contribution in [2.24, 2.45) is 5.73 Å². The molecule has 1 heterocycles. The third kappa shape index (κ3) is 3.46. The van der Waals surface area contributed by atoms with Gasteiger partial charge in [-0.05, 0) is 18.6 Å². The van der Waals surface area contributed by atoms with E-state index in [4.69, 9.17) is 5.73 Å². The Bertz CT molecular complexity index is 445. The lowest BCUT2D eigenvalue weighted by Gasteiger charge is -2.12. The van der Waals surface area contributed by atoms with Crippen LogP contribution >= 0.6 is 0 Å². The van der Waals surface area contributed by atoms with E-state index in [9.17, 15) is 8.42 Å². The van der Waals surface area contributed by atoms with Crippen molar-refractivity contribution < 1.29 is 8.42 Å². The summed E-state index contributed by atoms with van der Waals surface area (Å²) in [6.45, 7) is 2.48. The molecule has 6 heteroatoms. The Kier molecular flexibility index (Phi) is 4.26. The molecule has 16 heavy (non-hydrogen) atoms. The van der Waals surface area contributed by atoms with Gasteiger partial charge in [0.15, 0.2) is 9.84 Å². The predicted molar refractivity (Wildman–Crippen MR) is 64.1 cm³/mol. The molecule has 0 aliphatic heterocycles. The number of pyridine rings is 1. The smallest absolute Gasteiger partial charge is 0.179 e. The summed E-state index contributed by atoms with van der Waals surface area (Å²) in [7, 11) is -3.25. The maximum atomic E-state index is 11.5. The van der Waals surface area contributed by atoms with Crippen LogP contribution in [0.25, 0.3) is 0 Å². The van der Waals surface area contributed by atoms with Gasteiger partial charge >= 0.3 is 0 Å². The largest absolute Gasteiger partial charge is 0.367 e. The van der Waals surface area contributed by atoms with Gasteiger partial charge in [-0.1, -0.05) is 6.92 Å². The SMILES string of the molecule is CCC(N)CNc1ncccc1S(C)(=O)=O. The number of hydrogen-bond donors (Lipinski definition) is 2. The van der Waals surface area contributed by atoms with E-state index >= 15 is 0 Å². The van der Waals surface area contributed by atoms with Crippen LogP contribution in [0.1, 0.15) is 13.3 Å². The molecule has 0 fully saturated rings. The Labute approximate surface area is 96.0 Å². The van der Waals surface area contributed by atoms with Crippen molar-refractivity contribution in [2.75, 3.05) is 18.1 Å². The molecule has 0 amide bonds. The summed E-state index contributed by atoms with van der Waals surface area (Å²) >= 11 is 0. The molecule has 0 spiro atoms. The molecule has 1 rings (SSSR count). The number of aromatic nitrogens is 1. The first-order chi connectivity index (χ1) is 7.45. The van der Waals surface area contributed by atoms with Gasteiger partial charge in [0.25, 0.3) is 0 Å². The molecule has 0 aliphatic rings. The van der Waals surface area contributed by atoms with Crippen molar-refractivity contribution >= 4 is 15.7 Å². The van der Waals surface area contributed by atoms with Crippen LogP contribution in [-0.2, 0) is 9.84 Å². The van der Waals surface area contributed by atoms with E-state index in [0.29, 0.717) is 12.4 Å². The molecular formula is C10H17N3O2S. The highest BCUT2D eigenvalue weighted by Crippen LogP contribution is 2.17. The molecular weight excluding hydrogens is 226 g/mol. The summed E-state index contributed by atoms with van der Waals surface area (Å²) in [5.41, 5.74) is 5.74. The standard InChI is InChI=1S/C10H17N3O2S/c1-3-8(11)7-13-10-9(16(2,14)15)5-4-6-12-10/h4-6,8H,3,7,11H2,1-2H3,(H,12,13). The molecule has 1 unspecified atom stereocenters. The third-order valence-corrected chi connectivity index (χ3v) is 3.35. The van der Waals surface area contributed by atoms with E-state index in [1.807, 2.05) is 6.92 Å². The predicted octanol–water partition coefficient (Wildman–Crippen LogP) is 0.634. The highest BCUT2D eigenvalue weighted by atomic mass is 32.2. The van der Waals surface area contributed by atoms with Crippen LogP contribution in [0.4, 0.5) is 5.82 Å². The lowest BCUT2D eigenvalue weighted by molar-refractivity contribution is 0.601. The van der Waals surface area contributed by atoms with Gasteiger partial charge in [0.05, 0.1) is 0 Å². The number of anilines is 1. The molecule has 0 aromatic carbocycles. The first kappa shape index (κ1) is 12.9. The van der Waals surface area contributed by atoms with Crippen molar-refractivity contribution in [3.63, 3.8) is 0 Å². The minimum atomic E-state index is -3.25. The average molecular weight is 243 g/mol. The zero-order valence-corrected chi connectivity index (χ0v) is 10.3.